The molecule has 0 unspecified atom stereocenters. The minimum absolute atomic E-state index is 0.0294. The van der Waals surface area contributed by atoms with Gasteiger partial charge >= 0.3 is 0 Å². The van der Waals surface area contributed by atoms with Crippen LogP contribution in [0.15, 0.2) is 36.4 Å². The van der Waals surface area contributed by atoms with Crippen LogP contribution in [0.5, 0.6) is 5.75 Å². The predicted molar refractivity (Wildman–Crippen MR) is 71.4 cm³/mol. The van der Waals surface area contributed by atoms with Crippen molar-refractivity contribution in [3.8, 4) is 5.75 Å². The molecular weight excluding hydrogens is 270 g/mol. The van der Waals surface area contributed by atoms with Gasteiger partial charge in [-0.25, -0.2) is 8.78 Å². The van der Waals surface area contributed by atoms with Crippen LogP contribution in [0, 0.1) is 18.6 Å². The molecule has 0 aliphatic rings. The molecule has 0 saturated carbocycles. The first-order valence-electron chi connectivity index (χ1n) is 5.83. The van der Waals surface area contributed by atoms with Crippen LogP contribution in [0.2, 0.25) is 0 Å². The van der Waals surface area contributed by atoms with Crippen molar-refractivity contribution < 1.29 is 13.5 Å². The topological polar surface area (TPSA) is 9.23 Å². The number of rotatable bonds is 4. The van der Waals surface area contributed by atoms with Crippen LogP contribution in [-0.2, 0) is 12.5 Å². The van der Waals surface area contributed by atoms with Gasteiger partial charge in [-0.2, -0.15) is 0 Å². The van der Waals surface area contributed by atoms with Crippen molar-refractivity contribution in [1.82, 2.24) is 0 Å². The normalized spacial score (nSPS) is 10.5. The van der Waals surface area contributed by atoms with E-state index >= 15 is 0 Å². The smallest absolute Gasteiger partial charge is 0.130 e. The molecule has 0 spiro atoms. The predicted octanol–water partition coefficient (Wildman–Crippen LogP) is 4.59. The molecule has 0 atom stereocenters. The van der Waals surface area contributed by atoms with E-state index in [0.717, 1.165) is 29.3 Å². The molecule has 2 aromatic rings. The molecule has 0 amide bonds. The maximum absolute atomic E-state index is 13.5. The summed E-state index contributed by atoms with van der Waals surface area (Å²) in [5.74, 6) is -0.0336. The Morgan fingerprint density at radius 2 is 1.89 bits per heavy atom. The van der Waals surface area contributed by atoms with E-state index in [2.05, 4.69) is 0 Å². The van der Waals surface area contributed by atoms with Crippen LogP contribution in [0.1, 0.15) is 16.7 Å². The van der Waals surface area contributed by atoms with Crippen LogP contribution >= 0.6 is 11.6 Å². The first kappa shape index (κ1) is 13.8. The van der Waals surface area contributed by atoms with E-state index in [-0.39, 0.29) is 12.2 Å². The van der Waals surface area contributed by atoms with Crippen LogP contribution in [0.4, 0.5) is 8.78 Å². The Hall–Kier alpha value is -1.61. The quantitative estimate of drug-likeness (QED) is 0.745. The SMILES string of the molecule is Cc1cccc(CCl)c1OCc1cc(F)ccc1F. The number of benzene rings is 2. The van der Waals surface area contributed by atoms with E-state index in [1.165, 1.54) is 0 Å². The molecule has 19 heavy (non-hydrogen) atoms. The summed E-state index contributed by atoms with van der Waals surface area (Å²) >= 11 is 5.83. The fourth-order valence-corrected chi connectivity index (χ4v) is 2.04. The highest BCUT2D eigenvalue weighted by Gasteiger charge is 2.09. The Morgan fingerprint density at radius 1 is 1.11 bits per heavy atom. The van der Waals surface area contributed by atoms with Gasteiger partial charge in [-0.15, -0.1) is 11.6 Å². The zero-order valence-corrected chi connectivity index (χ0v) is 11.2. The lowest BCUT2D eigenvalue weighted by Gasteiger charge is -2.13. The van der Waals surface area contributed by atoms with Gasteiger partial charge in [0.05, 0.1) is 5.88 Å². The number of alkyl halides is 1. The Kier molecular flexibility index (Phi) is 4.38. The van der Waals surface area contributed by atoms with Crippen LogP contribution in [-0.4, -0.2) is 0 Å². The molecule has 0 aromatic heterocycles. The fourth-order valence-electron chi connectivity index (χ4n) is 1.83. The van der Waals surface area contributed by atoms with Crippen molar-refractivity contribution >= 4 is 11.6 Å². The number of hydrogen-bond donors (Lipinski definition) is 0. The van der Waals surface area contributed by atoms with E-state index in [0.29, 0.717) is 11.6 Å². The molecular formula is C15H13ClF2O. The lowest BCUT2D eigenvalue weighted by Crippen LogP contribution is -2.02. The Balaban J connectivity index is 2.21. The van der Waals surface area contributed by atoms with Gasteiger partial charge < -0.3 is 4.74 Å². The third-order valence-corrected chi connectivity index (χ3v) is 3.11. The summed E-state index contributed by atoms with van der Waals surface area (Å²) in [5, 5.41) is 0. The zero-order chi connectivity index (χ0) is 13.8. The summed E-state index contributed by atoms with van der Waals surface area (Å²) in [7, 11) is 0. The van der Waals surface area contributed by atoms with Crippen LogP contribution in [0.3, 0.4) is 0 Å². The first-order valence-corrected chi connectivity index (χ1v) is 6.36. The van der Waals surface area contributed by atoms with E-state index in [4.69, 9.17) is 16.3 Å². The second-order valence-corrected chi connectivity index (χ2v) is 4.49. The largest absolute Gasteiger partial charge is 0.488 e. The van der Waals surface area contributed by atoms with Crippen molar-refractivity contribution in [3.05, 3.63) is 64.7 Å². The summed E-state index contributed by atoms with van der Waals surface area (Å²) in [5.41, 5.74) is 1.93. The molecule has 1 nitrogen and oxygen atoms in total. The van der Waals surface area contributed by atoms with E-state index < -0.39 is 11.6 Å². The highest BCUT2D eigenvalue weighted by molar-refractivity contribution is 6.17. The van der Waals surface area contributed by atoms with Crippen molar-refractivity contribution in [2.75, 3.05) is 0 Å². The first-order chi connectivity index (χ1) is 9.11. The van der Waals surface area contributed by atoms with Crippen molar-refractivity contribution in [1.29, 1.82) is 0 Å². The minimum atomic E-state index is -0.484. The summed E-state index contributed by atoms with van der Waals surface area (Å²) in [6.45, 7) is 1.85. The Labute approximate surface area is 115 Å². The van der Waals surface area contributed by atoms with Gasteiger partial charge in [-0.1, -0.05) is 18.2 Å². The number of para-hydroxylation sites is 1. The van der Waals surface area contributed by atoms with Gasteiger partial charge in [0.15, 0.2) is 0 Å². The van der Waals surface area contributed by atoms with Crippen LogP contribution in [0.25, 0.3) is 0 Å². The van der Waals surface area contributed by atoms with Gasteiger partial charge in [0.1, 0.15) is 24.0 Å². The van der Waals surface area contributed by atoms with E-state index in [1.807, 2.05) is 25.1 Å². The highest BCUT2D eigenvalue weighted by Crippen LogP contribution is 2.26. The molecule has 0 fully saturated rings. The van der Waals surface area contributed by atoms with Crippen molar-refractivity contribution in [3.63, 3.8) is 0 Å². The second-order valence-electron chi connectivity index (χ2n) is 4.22. The molecule has 0 radical (unpaired) electrons. The second kappa shape index (κ2) is 6.02. The molecule has 2 aromatic carbocycles. The maximum atomic E-state index is 13.5. The molecule has 0 saturated heterocycles. The maximum Gasteiger partial charge on any atom is 0.130 e. The lowest BCUT2D eigenvalue weighted by molar-refractivity contribution is 0.294. The number of halogens is 3. The molecule has 0 heterocycles. The third kappa shape index (κ3) is 3.24. The van der Waals surface area contributed by atoms with Crippen molar-refractivity contribution in [2.24, 2.45) is 0 Å². The summed E-state index contributed by atoms with van der Waals surface area (Å²) < 4.78 is 32.1. The van der Waals surface area contributed by atoms with E-state index in [9.17, 15) is 8.78 Å². The van der Waals surface area contributed by atoms with E-state index in [1.54, 1.807) is 0 Å². The average molecular weight is 283 g/mol. The fraction of sp³-hybridized carbons (Fsp3) is 0.200. The third-order valence-electron chi connectivity index (χ3n) is 2.82. The molecule has 4 heteroatoms. The van der Waals surface area contributed by atoms with Gasteiger partial charge in [-0.3, -0.25) is 0 Å². The van der Waals surface area contributed by atoms with Gasteiger partial charge in [-0.05, 0) is 30.7 Å². The number of hydrogen-bond acceptors (Lipinski definition) is 1. The Morgan fingerprint density at radius 3 is 2.63 bits per heavy atom. The molecule has 100 valence electrons. The molecule has 0 N–H and O–H groups in total. The molecule has 0 bridgehead atoms. The van der Waals surface area contributed by atoms with Crippen molar-refractivity contribution in [2.45, 2.75) is 19.4 Å². The lowest BCUT2D eigenvalue weighted by atomic mass is 10.1. The average Bonchev–Trinajstić information content (AvgIpc) is 2.40. The molecule has 0 aliphatic carbocycles. The van der Waals surface area contributed by atoms with Crippen LogP contribution < -0.4 is 4.74 Å². The summed E-state index contributed by atoms with van der Waals surface area (Å²) in [6, 6.07) is 8.91. The monoisotopic (exact) mass is 282 g/mol. The molecule has 0 aliphatic heterocycles. The number of aryl methyl sites for hydroxylation is 1. The summed E-state index contributed by atoms with van der Waals surface area (Å²) in [4.78, 5) is 0. The Bertz CT molecular complexity index is 584. The van der Waals surface area contributed by atoms with Gasteiger partial charge in [0.25, 0.3) is 0 Å². The number of ether oxygens (including phenoxy) is 1. The standard InChI is InChI=1S/C15H13ClF2O/c1-10-3-2-4-11(8-16)15(10)19-9-12-7-13(17)5-6-14(12)18/h2-7H,8-9H2,1H3. The molecule has 2 rings (SSSR count). The summed E-state index contributed by atoms with van der Waals surface area (Å²) in [6.07, 6.45) is 0. The van der Waals surface area contributed by atoms with Gasteiger partial charge in [0, 0.05) is 11.1 Å². The highest BCUT2D eigenvalue weighted by atomic mass is 35.5. The van der Waals surface area contributed by atoms with Gasteiger partial charge in [0.2, 0.25) is 0 Å². The minimum Gasteiger partial charge on any atom is -0.488 e. The zero-order valence-electron chi connectivity index (χ0n) is 10.4.